The Morgan fingerprint density at radius 3 is 2.62 bits per heavy atom. The fourth-order valence-electron chi connectivity index (χ4n) is 4.24. The first-order chi connectivity index (χ1) is 14.1. The number of piperazine rings is 1. The number of anilines is 1. The van der Waals surface area contributed by atoms with E-state index in [1.54, 1.807) is 25.4 Å². The number of carbonyl (C=O) groups excluding carboxylic acids is 1. The third kappa shape index (κ3) is 4.90. The van der Waals surface area contributed by atoms with E-state index in [1.807, 2.05) is 23.1 Å². The van der Waals surface area contributed by atoms with Crippen LogP contribution in [0.4, 0.5) is 10.3 Å². The van der Waals surface area contributed by atoms with Crippen LogP contribution in [0.15, 0.2) is 36.7 Å². The molecule has 1 aromatic heterocycles. The molecule has 6 nitrogen and oxygen atoms in total. The normalized spacial score (nSPS) is 20.3. The fraction of sp³-hybridized carbons (Fsp3) is 0.500. The molecule has 7 heteroatoms. The van der Waals surface area contributed by atoms with E-state index in [0.29, 0.717) is 18.0 Å². The topological polar surface area (TPSA) is 52.6 Å². The maximum Gasteiger partial charge on any atom is 0.236 e. The molecule has 2 aliphatic heterocycles. The SMILES string of the molecule is Cc1cc(CC2CCN(C(=O)CN3CCN(c4ncccn4)CC3)C2)ccc1F. The Morgan fingerprint density at radius 1 is 1.14 bits per heavy atom. The number of likely N-dealkylation sites (tertiary alicyclic amines) is 1. The van der Waals surface area contributed by atoms with Gasteiger partial charge in [-0.25, -0.2) is 14.4 Å². The zero-order valence-electron chi connectivity index (χ0n) is 16.9. The first-order valence-corrected chi connectivity index (χ1v) is 10.4. The number of halogens is 1. The summed E-state index contributed by atoms with van der Waals surface area (Å²) in [6, 6.07) is 7.15. The predicted octanol–water partition coefficient (Wildman–Crippen LogP) is 2.14. The zero-order valence-corrected chi connectivity index (χ0v) is 16.9. The molecule has 4 rings (SSSR count). The van der Waals surface area contributed by atoms with E-state index in [2.05, 4.69) is 19.8 Å². The fourth-order valence-corrected chi connectivity index (χ4v) is 4.24. The minimum absolute atomic E-state index is 0.157. The third-order valence-corrected chi connectivity index (χ3v) is 5.95. The molecule has 154 valence electrons. The second kappa shape index (κ2) is 8.86. The Balaban J connectivity index is 1.23. The van der Waals surface area contributed by atoms with Gasteiger partial charge in [0.1, 0.15) is 5.82 Å². The number of rotatable bonds is 5. The van der Waals surface area contributed by atoms with Crippen LogP contribution in [0.2, 0.25) is 0 Å². The van der Waals surface area contributed by atoms with E-state index < -0.39 is 0 Å². The molecule has 2 saturated heterocycles. The lowest BCUT2D eigenvalue weighted by molar-refractivity contribution is -0.131. The molecule has 1 amide bonds. The van der Waals surface area contributed by atoms with Crippen molar-refractivity contribution in [2.75, 3.05) is 50.7 Å². The van der Waals surface area contributed by atoms with E-state index in [0.717, 1.165) is 63.6 Å². The molecule has 1 aromatic carbocycles. The highest BCUT2D eigenvalue weighted by molar-refractivity contribution is 5.78. The highest BCUT2D eigenvalue weighted by atomic mass is 19.1. The first-order valence-electron chi connectivity index (χ1n) is 10.4. The van der Waals surface area contributed by atoms with Gasteiger partial charge in [0.15, 0.2) is 0 Å². The maximum atomic E-state index is 13.5. The van der Waals surface area contributed by atoms with Gasteiger partial charge in [-0.3, -0.25) is 9.69 Å². The van der Waals surface area contributed by atoms with Crippen LogP contribution in [-0.4, -0.2) is 71.5 Å². The second-order valence-corrected chi connectivity index (χ2v) is 8.09. The zero-order chi connectivity index (χ0) is 20.2. The van der Waals surface area contributed by atoms with Crippen LogP contribution in [0, 0.1) is 18.7 Å². The summed E-state index contributed by atoms with van der Waals surface area (Å²) in [4.78, 5) is 27.7. The Labute approximate surface area is 171 Å². The highest BCUT2D eigenvalue weighted by Crippen LogP contribution is 2.22. The average Bonchev–Trinajstić information content (AvgIpc) is 3.21. The summed E-state index contributed by atoms with van der Waals surface area (Å²) in [6.07, 6.45) is 5.44. The summed E-state index contributed by atoms with van der Waals surface area (Å²) in [5.74, 6) is 1.27. The quantitative estimate of drug-likeness (QED) is 0.774. The summed E-state index contributed by atoms with van der Waals surface area (Å²) in [6.45, 7) is 7.26. The number of aromatic nitrogens is 2. The Kier molecular flexibility index (Phi) is 6.04. The van der Waals surface area contributed by atoms with Gasteiger partial charge >= 0.3 is 0 Å². The van der Waals surface area contributed by atoms with E-state index in [9.17, 15) is 9.18 Å². The van der Waals surface area contributed by atoms with Crippen molar-refractivity contribution >= 4 is 11.9 Å². The van der Waals surface area contributed by atoms with Crippen molar-refractivity contribution in [1.82, 2.24) is 19.8 Å². The van der Waals surface area contributed by atoms with Gasteiger partial charge in [-0.1, -0.05) is 12.1 Å². The van der Waals surface area contributed by atoms with Crippen molar-refractivity contribution in [3.05, 3.63) is 53.6 Å². The molecule has 2 aliphatic rings. The van der Waals surface area contributed by atoms with Crippen molar-refractivity contribution in [1.29, 1.82) is 0 Å². The van der Waals surface area contributed by atoms with Crippen LogP contribution in [0.25, 0.3) is 0 Å². The van der Waals surface area contributed by atoms with E-state index in [1.165, 1.54) is 0 Å². The molecular weight excluding hydrogens is 369 g/mol. The van der Waals surface area contributed by atoms with Gasteiger partial charge in [-0.15, -0.1) is 0 Å². The van der Waals surface area contributed by atoms with Crippen LogP contribution in [0.1, 0.15) is 17.5 Å². The molecule has 2 fully saturated rings. The Morgan fingerprint density at radius 2 is 1.90 bits per heavy atom. The standard InChI is InChI=1S/C22H28FN5O/c1-17-13-18(3-4-20(17)23)14-19-5-8-28(15-19)21(29)16-26-9-11-27(12-10-26)22-24-6-2-7-25-22/h2-4,6-7,13,19H,5,8-12,14-16H2,1H3. The summed E-state index contributed by atoms with van der Waals surface area (Å²) in [7, 11) is 0. The molecule has 1 unspecified atom stereocenters. The first kappa shape index (κ1) is 19.8. The summed E-state index contributed by atoms with van der Waals surface area (Å²) in [5.41, 5.74) is 1.84. The van der Waals surface area contributed by atoms with Crippen LogP contribution in [0.3, 0.4) is 0 Å². The largest absolute Gasteiger partial charge is 0.341 e. The maximum absolute atomic E-state index is 13.5. The number of aryl methyl sites for hydroxylation is 1. The minimum Gasteiger partial charge on any atom is -0.341 e. The molecule has 0 aliphatic carbocycles. The molecule has 0 radical (unpaired) electrons. The van der Waals surface area contributed by atoms with Crippen molar-refractivity contribution in [3.63, 3.8) is 0 Å². The minimum atomic E-state index is -0.157. The van der Waals surface area contributed by atoms with Gasteiger partial charge in [0.2, 0.25) is 11.9 Å². The molecule has 2 aromatic rings. The second-order valence-electron chi connectivity index (χ2n) is 8.09. The number of carbonyl (C=O) groups is 1. The van der Waals surface area contributed by atoms with Crippen molar-refractivity contribution < 1.29 is 9.18 Å². The molecule has 0 spiro atoms. The molecule has 1 atom stereocenters. The van der Waals surface area contributed by atoms with Crippen molar-refractivity contribution in [2.45, 2.75) is 19.8 Å². The number of hydrogen-bond acceptors (Lipinski definition) is 5. The van der Waals surface area contributed by atoms with E-state index in [4.69, 9.17) is 0 Å². The van der Waals surface area contributed by atoms with Crippen LogP contribution in [-0.2, 0) is 11.2 Å². The van der Waals surface area contributed by atoms with E-state index in [-0.39, 0.29) is 11.7 Å². The van der Waals surface area contributed by atoms with Gasteiger partial charge in [-0.05, 0) is 48.9 Å². The van der Waals surface area contributed by atoms with Gasteiger partial charge in [0.25, 0.3) is 0 Å². The average molecular weight is 397 g/mol. The lowest BCUT2D eigenvalue weighted by Gasteiger charge is -2.34. The Hall–Kier alpha value is -2.54. The number of amides is 1. The number of hydrogen-bond donors (Lipinski definition) is 0. The molecule has 0 bridgehead atoms. The van der Waals surface area contributed by atoms with Crippen LogP contribution >= 0.6 is 0 Å². The molecular formula is C22H28FN5O. The third-order valence-electron chi connectivity index (χ3n) is 5.95. The monoisotopic (exact) mass is 397 g/mol. The molecule has 29 heavy (non-hydrogen) atoms. The number of nitrogens with zero attached hydrogens (tertiary/aromatic N) is 5. The number of benzene rings is 1. The summed E-state index contributed by atoms with van der Waals surface area (Å²) in [5, 5.41) is 0. The van der Waals surface area contributed by atoms with Crippen molar-refractivity contribution in [3.8, 4) is 0 Å². The lowest BCUT2D eigenvalue weighted by Crippen LogP contribution is -2.50. The highest BCUT2D eigenvalue weighted by Gasteiger charge is 2.28. The lowest BCUT2D eigenvalue weighted by atomic mass is 9.97. The summed E-state index contributed by atoms with van der Waals surface area (Å²) < 4.78 is 13.5. The van der Waals surface area contributed by atoms with Crippen LogP contribution < -0.4 is 4.90 Å². The molecule has 0 N–H and O–H groups in total. The van der Waals surface area contributed by atoms with Gasteiger partial charge in [0.05, 0.1) is 6.54 Å². The van der Waals surface area contributed by atoms with Crippen LogP contribution in [0.5, 0.6) is 0 Å². The summed E-state index contributed by atoms with van der Waals surface area (Å²) >= 11 is 0. The molecule has 0 saturated carbocycles. The van der Waals surface area contributed by atoms with Gasteiger partial charge < -0.3 is 9.80 Å². The predicted molar refractivity (Wildman–Crippen MR) is 110 cm³/mol. The van der Waals surface area contributed by atoms with Crippen molar-refractivity contribution in [2.24, 2.45) is 5.92 Å². The smallest absolute Gasteiger partial charge is 0.236 e. The Bertz CT molecular complexity index is 838. The molecule has 3 heterocycles. The van der Waals surface area contributed by atoms with E-state index >= 15 is 0 Å². The van der Waals surface area contributed by atoms with Gasteiger partial charge in [-0.2, -0.15) is 0 Å². The van der Waals surface area contributed by atoms with Gasteiger partial charge in [0, 0.05) is 51.7 Å².